The van der Waals surface area contributed by atoms with Gasteiger partial charge in [0.25, 0.3) is 0 Å². The predicted octanol–water partition coefficient (Wildman–Crippen LogP) is 5.76. The van der Waals surface area contributed by atoms with Crippen LogP contribution in [0.15, 0.2) is 48.5 Å². The second-order valence-corrected chi connectivity index (χ2v) is 9.18. The van der Waals surface area contributed by atoms with Crippen LogP contribution in [0.2, 0.25) is 0 Å². The lowest BCUT2D eigenvalue weighted by atomic mass is 10.0. The van der Waals surface area contributed by atoms with Gasteiger partial charge in [-0.3, -0.25) is 4.90 Å². The van der Waals surface area contributed by atoms with Gasteiger partial charge in [-0.05, 0) is 41.8 Å². The summed E-state index contributed by atoms with van der Waals surface area (Å²) in [6.45, 7) is 7.15. The number of urea groups is 1. The summed E-state index contributed by atoms with van der Waals surface area (Å²) < 4.78 is 33.0. The minimum absolute atomic E-state index is 0.0298. The molecule has 0 unspecified atom stereocenters. The molecule has 192 valence electrons. The number of rotatable bonds is 13. The summed E-state index contributed by atoms with van der Waals surface area (Å²) >= 11 is 0. The van der Waals surface area contributed by atoms with Crippen molar-refractivity contribution in [2.24, 2.45) is 0 Å². The van der Waals surface area contributed by atoms with Gasteiger partial charge in [0.15, 0.2) is 0 Å². The van der Waals surface area contributed by atoms with E-state index in [4.69, 9.17) is 4.74 Å². The van der Waals surface area contributed by atoms with E-state index < -0.39 is 6.10 Å². The van der Waals surface area contributed by atoms with Crippen LogP contribution < -0.4 is 5.32 Å². The summed E-state index contributed by atoms with van der Waals surface area (Å²) in [5.74, 6) is -0.610. The van der Waals surface area contributed by atoms with Gasteiger partial charge in [0.2, 0.25) is 0 Å². The number of unbranched alkanes of at least 4 members (excludes halogenated alkanes) is 5. The molecule has 3 rings (SSSR count). The van der Waals surface area contributed by atoms with Crippen LogP contribution in [0.25, 0.3) is 0 Å². The molecule has 35 heavy (non-hydrogen) atoms. The average molecular weight is 488 g/mol. The van der Waals surface area contributed by atoms with Gasteiger partial charge < -0.3 is 15.0 Å². The summed E-state index contributed by atoms with van der Waals surface area (Å²) in [6.07, 6.45) is 6.88. The first-order valence-corrected chi connectivity index (χ1v) is 12.9. The van der Waals surface area contributed by atoms with Crippen LogP contribution in [0.5, 0.6) is 0 Å². The zero-order chi connectivity index (χ0) is 24.9. The third-order valence-corrected chi connectivity index (χ3v) is 6.50. The summed E-state index contributed by atoms with van der Waals surface area (Å²) in [5, 5.41) is 3.05. The first-order valence-electron chi connectivity index (χ1n) is 12.9. The fraction of sp³-hybridized carbons (Fsp3) is 0.536. The fourth-order valence-electron chi connectivity index (χ4n) is 4.35. The molecule has 2 aromatic rings. The number of halogens is 2. The van der Waals surface area contributed by atoms with Crippen LogP contribution in [-0.4, -0.2) is 61.7 Å². The van der Waals surface area contributed by atoms with Crippen molar-refractivity contribution in [2.45, 2.75) is 51.6 Å². The molecule has 1 N–H and O–H groups in total. The Morgan fingerprint density at radius 3 is 1.97 bits per heavy atom. The Labute approximate surface area is 208 Å². The van der Waals surface area contributed by atoms with E-state index in [-0.39, 0.29) is 17.7 Å². The molecule has 5 nitrogen and oxygen atoms in total. The molecule has 1 aliphatic rings. The number of hydrogen-bond donors (Lipinski definition) is 1. The Kier molecular flexibility index (Phi) is 11.4. The number of ether oxygens (including phenoxy) is 1. The lowest BCUT2D eigenvalue weighted by molar-refractivity contribution is 0.0491. The van der Waals surface area contributed by atoms with Crippen molar-refractivity contribution in [3.05, 3.63) is 71.3 Å². The maximum absolute atomic E-state index is 13.4. The molecule has 1 saturated heterocycles. The van der Waals surface area contributed by atoms with Gasteiger partial charge in [-0.25, -0.2) is 13.6 Å². The number of carbonyl (C=O) groups is 1. The van der Waals surface area contributed by atoms with Crippen molar-refractivity contribution in [3.8, 4) is 0 Å². The minimum Gasteiger partial charge on any atom is -0.367 e. The second kappa shape index (κ2) is 14.8. The Hall–Kier alpha value is -2.51. The molecule has 1 fully saturated rings. The van der Waals surface area contributed by atoms with E-state index in [0.29, 0.717) is 19.7 Å². The van der Waals surface area contributed by atoms with E-state index in [1.54, 1.807) is 24.3 Å². The Morgan fingerprint density at radius 1 is 0.857 bits per heavy atom. The van der Waals surface area contributed by atoms with Crippen LogP contribution >= 0.6 is 0 Å². The van der Waals surface area contributed by atoms with Crippen LogP contribution in [-0.2, 0) is 4.74 Å². The standard InChI is InChI=1S/C28H39F2N3O2/c1-2-3-4-5-6-7-16-31-28(34)33-19-17-32(18-20-33)21-22-35-27(23-8-12-25(29)13-9-23)24-10-14-26(30)15-11-24/h8-15,27H,2-7,16-22H2,1H3,(H,31,34). The molecule has 0 saturated carbocycles. The van der Waals surface area contributed by atoms with E-state index in [0.717, 1.165) is 43.7 Å². The number of hydrogen-bond acceptors (Lipinski definition) is 3. The van der Waals surface area contributed by atoms with E-state index in [1.165, 1.54) is 56.4 Å². The highest BCUT2D eigenvalue weighted by Gasteiger charge is 2.21. The molecule has 0 aliphatic carbocycles. The van der Waals surface area contributed by atoms with E-state index in [2.05, 4.69) is 17.1 Å². The van der Waals surface area contributed by atoms with Crippen molar-refractivity contribution in [2.75, 3.05) is 45.9 Å². The van der Waals surface area contributed by atoms with Crippen molar-refractivity contribution in [1.29, 1.82) is 0 Å². The number of carbonyl (C=O) groups excluding carboxylic acids is 1. The van der Waals surface area contributed by atoms with Crippen molar-refractivity contribution in [1.82, 2.24) is 15.1 Å². The molecule has 2 aromatic carbocycles. The first kappa shape index (κ1) is 27.1. The normalized spacial score (nSPS) is 14.5. The molecule has 1 aliphatic heterocycles. The number of piperazine rings is 1. The predicted molar refractivity (Wildman–Crippen MR) is 135 cm³/mol. The monoisotopic (exact) mass is 487 g/mol. The lowest BCUT2D eigenvalue weighted by Gasteiger charge is -2.35. The van der Waals surface area contributed by atoms with Gasteiger partial charge in [-0.15, -0.1) is 0 Å². The summed E-state index contributed by atoms with van der Waals surface area (Å²) in [6, 6.07) is 12.5. The number of nitrogens with one attached hydrogen (secondary N) is 1. The Bertz CT molecular complexity index is 823. The van der Waals surface area contributed by atoms with Crippen LogP contribution in [0.3, 0.4) is 0 Å². The summed E-state index contributed by atoms with van der Waals surface area (Å²) in [7, 11) is 0. The van der Waals surface area contributed by atoms with Gasteiger partial charge >= 0.3 is 6.03 Å². The van der Waals surface area contributed by atoms with Gasteiger partial charge in [-0.2, -0.15) is 0 Å². The molecule has 2 amide bonds. The summed E-state index contributed by atoms with van der Waals surface area (Å²) in [5.41, 5.74) is 1.65. The first-order chi connectivity index (χ1) is 17.1. The van der Waals surface area contributed by atoms with E-state index in [1.807, 2.05) is 4.90 Å². The maximum Gasteiger partial charge on any atom is 0.317 e. The maximum atomic E-state index is 13.4. The minimum atomic E-state index is -0.398. The Balaban J connectivity index is 1.39. The van der Waals surface area contributed by atoms with Crippen LogP contribution in [0.1, 0.15) is 62.7 Å². The van der Waals surface area contributed by atoms with Gasteiger partial charge in [-0.1, -0.05) is 63.3 Å². The zero-order valence-electron chi connectivity index (χ0n) is 20.9. The third-order valence-electron chi connectivity index (χ3n) is 6.50. The fourth-order valence-corrected chi connectivity index (χ4v) is 4.35. The quantitative estimate of drug-likeness (QED) is 0.366. The zero-order valence-corrected chi connectivity index (χ0v) is 20.9. The number of amides is 2. The van der Waals surface area contributed by atoms with Crippen LogP contribution in [0.4, 0.5) is 13.6 Å². The molecule has 0 bridgehead atoms. The molecular weight excluding hydrogens is 448 g/mol. The second-order valence-electron chi connectivity index (χ2n) is 9.18. The highest BCUT2D eigenvalue weighted by molar-refractivity contribution is 5.74. The number of nitrogens with zero attached hydrogens (tertiary/aromatic N) is 2. The highest BCUT2D eigenvalue weighted by atomic mass is 19.1. The van der Waals surface area contributed by atoms with Gasteiger partial charge in [0.1, 0.15) is 17.7 Å². The summed E-state index contributed by atoms with van der Waals surface area (Å²) in [4.78, 5) is 16.6. The largest absolute Gasteiger partial charge is 0.367 e. The lowest BCUT2D eigenvalue weighted by Crippen LogP contribution is -2.52. The van der Waals surface area contributed by atoms with E-state index in [9.17, 15) is 13.6 Å². The molecule has 0 atom stereocenters. The van der Waals surface area contributed by atoms with Crippen molar-refractivity contribution >= 4 is 6.03 Å². The average Bonchev–Trinajstić information content (AvgIpc) is 2.88. The SMILES string of the molecule is CCCCCCCCNC(=O)N1CCN(CCOC(c2ccc(F)cc2)c2ccc(F)cc2)CC1. The van der Waals surface area contributed by atoms with Crippen LogP contribution in [0, 0.1) is 11.6 Å². The molecule has 7 heteroatoms. The molecular formula is C28H39F2N3O2. The topological polar surface area (TPSA) is 44.8 Å². The molecule has 0 aromatic heterocycles. The Morgan fingerprint density at radius 2 is 1.40 bits per heavy atom. The van der Waals surface area contributed by atoms with Gasteiger partial charge in [0.05, 0.1) is 6.61 Å². The highest BCUT2D eigenvalue weighted by Crippen LogP contribution is 2.26. The smallest absolute Gasteiger partial charge is 0.317 e. The van der Waals surface area contributed by atoms with E-state index >= 15 is 0 Å². The molecule has 1 heterocycles. The van der Waals surface area contributed by atoms with Crippen molar-refractivity contribution in [3.63, 3.8) is 0 Å². The molecule has 0 spiro atoms. The third kappa shape index (κ3) is 9.22. The van der Waals surface area contributed by atoms with Crippen molar-refractivity contribution < 1.29 is 18.3 Å². The molecule has 0 radical (unpaired) electrons. The number of benzene rings is 2. The van der Waals surface area contributed by atoms with Gasteiger partial charge in [0, 0.05) is 39.3 Å².